The van der Waals surface area contributed by atoms with Crippen molar-refractivity contribution in [1.29, 1.82) is 0 Å². The van der Waals surface area contributed by atoms with E-state index in [1.54, 1.807) is 17.1 Å². The molecule has 1 heterocycles. The summed E-state index contributed by atoms with van der Waals surface area (Å²) in [5, 5.41) is 7.58. The third kappa shape index (κ3) is 4.42. The topological polar surface area (TPSA) is 42.7 Å². The van der Waals surface area contributed by atoms with Crippen LogP contribution in [0, 0.1) is 5.82 Å². The van der Waals surface area contributed by atoms with E-state index < -0.39 is 0 Å². The number of nitrogens with zero attached hydrogens (tertiary/aromatic N) is 3. The second kappa shape index (κ2) is 7.14. The predicted octanol–water partition coefficient (Wildman–Crippen LogP) is 2.42. The first kappa shape index (κ1) is 14.7. The third-order valence-electron chi connectivity index (χ3n) is 3.30. The number of hydrogen-bond donors (Lipinski definition) is 1. The van der Waals surface area contributed by atoms with Crippen molar-refractivity contribution in [3.63, 3.8) is 0 Å². The first-order valence-electron chi connectivity index (χ1n) is 6.97. The molecule has 0 unspecified atom stereocenters. The lowest BCUT2D eigenvalue weighted by Gasteiger charge is -2.20. The number of hydrogen-bond acceptors (Lipinski definition) is 3. The van der Waals surface area contributed by atoms with Gasteiger partial charge in [-0.15, -0.1) is 0 Å². The van der Waals surface area contributed by atoms with Crippen molar-refractivity contribution in [1.82, 2.24) is 20.1 Å². The second-order valence-corrected chi connectivity index (χ2v) is 5.22. The molecule has 0 amide bonds. The van der Waals surface area contributed by atoms with E-state index in [1.165, 1.54) is 12.4 Å². The van der Waals surface area contributed by atoms with E-state index in [0.29, 0.717) is 12.1 Å². The van der Waals surface area contributed by atoms with E-state index in [-0.39, 0.29) is 5.82 Å². The molecule has 2 aromatic rings. The molecule has 0 spiro atoms. The molecule has 0 fully saturated rings. The normalized spacial score (nSPS) is 14.2. The fourth-order valence-electron chi connectivity index (χ4n) is 2.30. The van der Waals surface area contributed by atoms with E-state index in [2.05, 4.69) is 29.2 Å². The molecule has 0 saturated carbocycles. The monoisotopic (exact) mass is 276 g/mol. The molecule has 0 saturated heterocycles. The van der Waals surface area contributed by atoms with Gasteiger partial charge in [0.05, 0.1) is 6.54 Å². The van der Waals surface area contributed by atoms with Crippen molar-refractivity contribution in [3.05, 3.63) is 48.3 Å². The Labute approximate surface area is 119 Å². The fraction of sp³-hybridized carbons (Fsp3) is 0.467. The molecule has 108 valence electrons. The zero-order chi connectivity index (χ0) is 14.4. The summed E-state index contributed by atoms with van der Waals surface area (Å²) < 4.78 is 15.3. The van der Waals surface area contributed by atoms with Crippen LogP contribution in [0.25, 0.3) is 0 Å². The third-order valence-corrected chi connectivity index (χ3v) is 3.30. The minimum Gasteiger partial charge on any atom is -0.310 e. The quantitative estimate of drug-likeness (QED) is 0.844. The number of rotatable bonds is 7. The van der Waals surface area contributed by atoms with E-state index in [4.69, 9.17) is 0 Å². The average molecular weight is 276 g/mol. The molecule has 0 aliphatic rings. The Bertz CT molecular complexity index is 512. The van der Waals surface area contributed by atoms with Crippen LogP contribution in [-0.2, 0) is 13.0 Å². The van der Waals surface area contributed by atoms with Gasteiger partial charge in [0.25, 0.3) is 0 Å². The molecule has 4 nitrogen and oxygen atoms in total. The van der Waals surface area contributed by atoms with Crippen LogP contribution in [0.4, 0.5) is 4.39 Å². The molecule has 1 aromatic carbocycles. The summed E-state index contributed by atoms with van der Waals surface area (Å²) in [5.74, 6) is -0.115. The molecule has 2 atom stereocenters. The molecular formula is C15H21FN4. The maximum absolute atomic E-state index is 13.5. The summed E-state index contributed by atoms with van der Waals surface area (Å²) >= 11 is 0. The summed E-state index contributed by atoms with van der Waals surface area (Å²) in [6.07, 6.45) is 4.90. The highest BCUT2D eigenvalue weighted by Crippen LogP contribution is 2.10. The number of benzene rings is 1. The lowest BCUT2D eigenvalue weighted by atomic mass is 10.1. The fourth-order valence-corrected chi connectivity index (χ4v) is 2.30. The number of aryl methyl sites for hydroxylation is 1. The van der Waals surface area contributed by atoms with Crippen LogP contribution in [-0.4, -0.2) is 26.8 Å². The Morgan fingerprint density at radius 2 is 2.05 bits per heavy atom. The van der Waals surface area contributed by atoms with Crippen LogP contribution >= 0.6 is 0 Å². The van der Waals surface area contributed by atoms with Gasteiger partial charge in [0.1, 0.15) is 18.5 Å². The van der Waals surface area contributed by atoms with Gasteiger partial charge in [0.15, 0.2) is 0 Å². The van der Waals surface area contributed by atoms with Gasteiger partial charge < -0.3 is 5.32 Å². The number of halogens is 1. The minimum atomic E-state index is -0.115. The summed E-state index contributed by atoms with van der Waals surface area (Å²) in [6, 6.07) is 7.59. The van der Waals surface area contributed by atoms with Crippen molar-refractivity contribution in [2.45, 2.75) is 45.3 Å². The molecule has 0 bridgehead atoms. The first-order chi connectivity index (χ1) is 9.65. The van der Waals surface area contributed by atoms with E-state index in [0.717, 1.165) is 24.9 Å². The molecule has 20 heavy (non-hydrogen) atoms. The van der Waals surface area contributed by atoms with Gasteiger partial charge in [-0.3, -0.25) is 4.68 Å². The van der Waals surface area contributed by atoms with Crippen LogP contribution in [0.3, 0.4) is 0 Å². The van der Waals surface area contributed by atoms with Crippen molar-refractivity contribution in [2.24, 2.45) is 0 Å². The van der Waals surface area contributed by atoms with Crippen molar-refractivity contribution in [2.75, 3.05) is 0 Å². The van der Waals surface area contributed by atoms with E-state index in [9.17, 15) is 4.39 Å². The Balaban J connectivity index is 1.75. The highest BCUT2D eigenvalue weighted by molar-refractivity contribution is 5.17. The molecule has 0 aliphatic heterocycles. The van der Waals surface area contributed by atoms with Gasteiger partial charge in [-0.1, -0.05) is 18.2 Å². The Hall–Kier alpha value is -1.75. The Morgan fingerprint density at radius 1 is 1.25 bits per heavy atom. The van der Waals surface area contributed by atoms with E-state index >= 15 is 0 Å². The molecule has 2 rings (SSSR count). The minimum absolute atomic E-state index is 0.115. The SMILES string of the molecule is C[C@H](CCc1ccccc1F)N[C@H](C)Cn1cncn1. The molecular weight excluding hydrogens is 255 g/mol. The molecule has 1 aromatic heterocycles. The number of aromatic nitrogens is 3. The molecule has 0 aliphatic carbocycles. The van der Waals surface area contributed by atoms with Gasteiger partial charge in [-0.2, -0.15) is 5.10 Å². The first-order valence-corrected chi connectivity index (χ1v) is 6.97. The van der Waals surface area contributed by atoms with Gasteiger partial charge in [-0.05, 0) is 38.3 Å². The summed E-state index contributed by atoms with van der Waals surface area (Å²) in [6.45, 7) is 5.02. The smallest absolute Gasteiger partial charge is 0.137 e. The summed E-state index contributed by atoms with van der Waals surface area (Å²) in [7, 11) is 0. The lowest BCUT2D eigenvalue weighted by Crippen LogP contribution is -2.37. The zero-order valence-corrected chi connectivity index (χ0v) is 12.0. The zero-order valence-electron chi connectivity index (χ0n) is 12.0. The molecule has 5 heteroatoms. The maximum atomic E-state index is 13.5. The highest BCUT2D eigenvalue weighted by Gasteiger charge is 2.09. The Morgan fingerprint density at radius 3 is 2.75 bits per heavy atom. The highest BCUT2D eigenvalue weighted by atomic mass is 19.1. The van der Waals surface area contributed by atoms with Gasteiger partial charge >= 0.3 is 0 Å². The largest absolute Gasteiger partial charge is 0.310 e. The number of nitrogens with one attached hydrogen (secondary N) is 1. The van der Waals surface area contributed by atoms with Gasteiger partial charge in [0, 0.05) is 12.1 Å². The molecule has 0 radical (unpaired) electrons. The average Bonchev–Trinajstić information content (AvgIpc) is 2.90. The summed E-state index contributed by atoms with van der Waals surface area (Å²) in [4.78, 5) is 3.92. The van der Waals surface area contributed by atoms with Crippen LogP contribution < -0.4 is 5.32 Å². The van der Waals surface area contributed by atoms with Crippen LogP contribution in [0.5, 0.6) is 0 Å². The standard InChI is InChI=1S/C15H21FN4/c1-12(7-8-14-5-3-4-6-15(14)16)19-13(2)9-20-11-17-10-18-20/h3-6,10-13,19H,7-9H2,1-2H3/t12-,13-/m1/s1. The summed E-state index contributed by atoms with van der Waals surface area (Å²) in [5.41, 5.74) is 0.782. The second-order valence-electron chi connectivity index (χ2n) is 5.22. The lowest BCUT2D eigenvalue weighted by molar-refractivity contribution is 0.393. The van der Waals surface area contributed by atoms with E-state index in [1.807, 2.05) is 12.1 Å². The van der Waals surface area contributed by atoms with Gasteiger partial charge in [0.2, 0.25) is 0 Å². The van der Waals surface area contributed by atoms with Crippen LogP contribution in [0.1, 0.15) is 25.8 Å². The predicted molar refractivity (Wildman–Crippen MR) is 76.8 cm³/mol. The van der Waals surface area contributed by atoms with Crippen molar-refractivity contribution >= 4 is 0 Å². The van der Waals surface area contributed by atoms with Crippen LogP contribution in [0.2, 0.25) is 0 Å². The maximum Gasteiger partial charge on any atom is 0.137 e. The Kier molecular flexibility index (Phi) is 5.24. The van der Waals surface area contributed by atoms with Crippen molar-refractivity contribution in [3.8, 4) is 0 Å². The molecule has 1 N–H and O–H groups in total. The van der Waals surface area contributed by atoms with Crippen LogP contribution in [0.15, 0.2) is 36.9 Å². The van der Waals surface area contributed by atoms with Crippen molar-refractivity contribution < 1.29 is 4.39 Å². The van der Waals surface area contributed by atoms with Gasteiger partial charge in [-0.25, -0.2) is 9.37 Å².